The van der Waals surface area contributed by atoms with Crippen molar-refractivity contribution in [3.63, 3.8) is 0 Å². The van der Waals surface area contributed by atoms with Crippen molar-refractivity contribution in [2.24, 2.45) is 5.73 Å². The van der Waals surface area contributed by atoms with E-state index in [-0.39, 0.29) is 5.69 Å². The summed E-state index contributed by atoms with van der Waals surface area (Å²) >= 11 is 0. The van der Waals surface area contributed by atoms with E-state index in [4.69, 9.17) is 10.5 Å². The Morgan fingerprint density at radius 2 is 2.05 bits per heavy atom. The summed E-state index contributed by atoms with van der Waals surface area (Å²) in [5.41, 5.74) is 7.37. The SMILES string of the molecule is Cc1cnc(=O)n(CCCOc2ccc(CN)cc2)c1. The van der Waals surface area contributed by atoms with Gasteiger partial charge in [0.15, 0.2) is 0 Å². The number of aryl methyl sites for hydroxylation is 2. The number of aromatic nitrogens is 2. The van der Waals surface area contributed by atoms with Gasteiger partial charge in [-0.05, 0) is 36.6 Å². The van der Waals surface area contributed by atoms with Crippen LogP contribution in [0, 0.1) is 6.92 Å². The first-order valence-corrected chi connectivity index (χ1v) is 6.64. The lowest BCUT2D eigenvalue weighted by atomic mass is 10.2. The standard InChI is InChI=1S/C15H19N3O2/c1-12-10-17-15(19)18(11-12)7-2-8-20-14-5-3-13(9-16)4-6-14/h3-6,10-11H,2,7-9,16H2,1H3. The van der Waals surface area contributed by atoms with Crippen LogP contribution in [0.15, 0.2) is 41.5 Å². The second kappa shape index (κ2) is 6.86. The number of ether oxygens (including phenoxy) is 1. The van der Waals surface area contributed by atoms with Gasteiger partial charge in [0.05, 0.1) is 6.61 Å². The molecule has 2 aromatic rings. The van der Waals surface area contributed by atoms with Crippen molar-refractivity contribution in [1.82, 2.24) is 9.55 Å². The molecule has 2 N–H and O–H groups in total. The Balaban J connectivity index is 1.81. The van der Waals surface area contributed by atoms with E-state index < -0.39 is 0 Å². The molecular formula is C15H19N3O2. The average Bonchev–Trinajstić information content (AvgIpc) is 2.47. The monoisotopic (exact) mass is 273 g/mol. The molecule has 0 aliphatic heterocycles. The van der Waals surface area contributed by atoms with Crippen LogP contribution in [-0.2, 0) is 13.1 Å². The zero-order valence-electron chi connectivity index (χ0n) is 11.6. The number of rotatable bonds is 6. The van der Waals surface area contributed by atoms with Crippen LogP contribution in [0.3, 0.4) is 0 Å². The molecule has 0 aliphatic carbocycles. The van der Waals surface area contributed by atoms with Crippen molar-refractivity contribution in [2.45, 2.75) is 26.4 Å². The molecule has 20 heavy (non-hydrogen) atoms. The second-order valence-electron chi connectivity index (χ2n) is 4.66. The van der Waals surface area contributed by atoms with Crippen LogP contribution >= 0.6 is 0 Å². The Hall–Kier alpha value is -2.14. The maximum atomic E-state index is 11.5. The van der Waals surface area contributed by atoms with Crippen LogP contribution in [-0.4, -0.2) is 16.2 Å². The molecule has 2 rings (SSSR count). The van der Waals surface area contributed by atoms with Gasteiger partial charge in [-0.2, -0.15) is 0 Å². The highest BCUT2D eigenvalue weighted by Gasteiger charge is 1.99. The van der Waals surface area contributed by atoms with Crippen molar-refractivity contribution in [2.75, 3.05) is 6.61 Å². The first-order valence-electron chi connectivity index (χ1n) is 6.64. The number of hydrogen-bond donors (Lipinski definition) is 1. The summed E-state index contributed by atoms with van der Waals surface area (Å²) in [6.07, 6.45) is 4.14. The highest BCUT2D eigenvalue weighted by atomic mass is 16.5. The van der Waals surface area contributed by atoms with Crippen molar-refractivity contribution in [3.8, 4) is 5.75 Å². The fourth-order valence-electron chi connectivity index (χ4n) is 1.87. The zero-order chi connectivity index (χ0) is 14.4. The molecule has 0 saturated heterocycles. The van der Waals surface area contributed by atoms with Gasteiger partial charge in [-0.15, -0.1) is 0 Å². The van der Waals surface area contributed by atoms with Gasteiger partial charge in [0, 0.05) is 25.5 Å². The summed E-state index contributed by atoms with van der Waals surface area (Å²) in [4.78, 5) is 15.3. The Bertz CT molecular complexity index is 605. The van der Waals surface area contributed by atoms with Gasteiger partial charge in [-0.1, -0.05) is 12.1 Å². The minimum Gasteiger partial charge on any atom is -0.494 e. The van der Waals surface area contributed by atoms with Crippen molar-refractivity contribution in [3.05, 3.63) is 58.3 Å². The Labute approximate surface area is 118 Å². The van der Waals surface area contributed by atoms with E-state index in [1.54, 1.807) is 10.8 Å². The van der Waals surface area contributed by atoms with E-state index in [1.165, 1.54) is 0 Å². The van der Waals surface area contributed by atoms with Crippen molar-refractivity contribution in [1.29, 1.82) is 0 Å². The Morgan fingerprint density at radius 3 is 2.75 bits per heavy atom. The van der Waals surface area contributed by atoms with Crippen LogP contribution in [0.25, 0.3) is 0 Å². The number of benzene rings is 1. The molecule has 0 bridgehead atoms. The van der Waals surface area contributed by atoms with Crippen molar-refractivity contribution >= 4 is 0 Å². The summed E-state index contributed by atoms with van der Waals surface area (Å²) in [7, 11) is 0. The van der Waals surface area contributed by atoms with Gasteiger partial charge in [0.1, 0.15) is 5.75 Å². The first kappa shape index (κ1) is 14.3. The predicted molar refractivity (Wildman–Crippen MR) is 77.7 cm³/mol. The number of nitrogens with zero attached hydrogens (tertiary/aromatic N) is 2. The Morgan fingerprint density at radius 1 is 1.30 bits per heavy atom. The van der Waals surface area contributed by atoms with E-state index in [9.17, 15) is 4.79 Å². The fraction of sp³-hybridized carbons (Fsp3) is 0.333. The molecule has 0 aliphatic rings. The van der Waals surface area contributed by atoms with E-state index in [0.29, 0.717) is 19.7 Å². The van der Waals surface area contributed by atoms with E-state index in [0.717, 1.165) is 23.3 Å². The van der Waals surface area contributed by atoms with E-state index in [2.05, 4.69) is 4.98 Å². The summed E-state index contributed by atoms with van der Waals surface area (Å²) < 4.78 is 7.23. The number of nitrogens with two attached hydrogens (primary N) is 1. The average molecular weight is 273 g/mol. The third kappa shape index (κ3) is 3.93. The molecule has 0 fully saturated rings. The second-order valence-corrected chi connectivity index (χ2v) is 4.66. The molecular weight excluding hydrogens is 254 g/mol. The normalized spacial score (nSPS) is 10.5. The molecule has 1 aromatic carbocycles. The van der Waals surface area contributed by atoms with E-state index in [1.807, 2.05) is 37.4 Å². The first-order chi connectivity index (χ1) is 9.69. The Kier molecular flexibility index (Phi) is 4.90. The summed E-state index contributed by atoms with van der Waals surface area (Å²) in [6, 6.07) is 7.71. The van der Waals surface area contributed by atoms with Crippen LogP contribution in [0.2, 0.25) is 0 Å². The lowest BCUT2D eigenvalue weighted by Crippen LogP contribution is -2.23. The molecule has 0 radical (unpaired) electrons. The molecule has 1 aromatic heterocycles. The molecule has 0 amide bonds. The van der Waals surface area contributed by atoms with Crippen LogP contribution in [0.4, 0.5) is 0 Å². The third-order valence-electron chi connectivity index (χ3n) is 2.95. The lowest BCUT2D eigenvalue weighted by molar-refractivity contribution is 0.300. The number of hydrogen-bond acceptors (Lipinski definition) is 4. The largest absolute Gasteiger partial charge is 0.494 e. The van der Waals surface area contributed by atoms with E-state index >= 15 is 0 Å². The molecule has 106 valence electrons. The molecule has 0 atom stereocenters. The molecule has 0 unspecified atom stereocenters. The van der Waals surface area contributed by atoms with Gasteiger partial charge >= 0.3 is 5.69 Å². The van der Waals surface area contributed by atoms with Gasteiger partial charge in [-0.25, -0.2) is 9.78 Å². The fourth-order valence-corrected chi connectivity index (χ4v) is 1.87. The highest BCUT2D eigenvalue weighted by Crippen LogP contribution is 2.12. The summed E-state index contributed by atoms with van der Waals surface area (Å²) in [6.45, 7) is 3.61. The minimum absolute atomic E-state index is 0.220. The molecule has 1 heterocycles. The molecule has 0 saturated carbocycles. The van der Waals surface area contributed by atoms with Gasteiger partial charge in [-0.3, -0.25) is 4.57 Å². The topological polar surface area (TPSA) is 70.1 Å². The molecule has 5 nitrogen and oxygen atoms in total. The molecule has 0 spiro atoms. The maximum absolute atomic E-state index is 11.5. The van der Waals surface area contributed by atoms with Gasteiger partial charge in [0.2, 0.25) is 0 Å². The smallest absolute Gasteiger partial charge is 0.347 e. The highest BCUT2D eigenvalue weighted by molar-refractivity contribution is 5.26. The van der Waals surface area contributed by atoms with Crippen LogP contribution in [0.5, 0.6) is 5.75 Å². The van der Waals surface area contributed by atoms with Crippen LogP contribution in [0.1, 0.15) is 17.5 Å². The molecule has 5 heteroatoms. The predicted octanol–water partition coefficient (Wildman–Crippen LogP) is 1.48. The third-order valence-corrected chi connectivity index (χ3v) is 2.95. The maximum Gasteiger partial charge on any atom is 0.347 e. The van der Waals surface area contributed by atoms with Crippen LogP contribution < -0.4 is 16.2 Å². The summed E-state index contributed by atoms with van der Waals surface area (Å²) in [5.74, 6) is 0.817. The quantitative estimate of drug-likeness (QED) is 0.809. The van der Waals surface area contributed by atoms with Gasteiger partial charge in [0.25, 0.3) is 0 Å². The summed E-state index contributed by atoms with van der Waals surface area (Å²) in [5, 5.41) is 0. The zero-order valence-corrected chi connectivity index (χ0v) is 11.6. The minimum atomic E-state index is -0.220. The van der Waals surface area contributed by atoms with Gasteiger partial charge < -0.3 is 10.5 Å². The lowest BCUT2D eigenvalue weighted by Gasteiger charge is -2.08. The van der Waals surface area contributed by atoms with Crippen molar-refractivity contribution < 1.29 is 4.74 Å².